The monoisotopic (exact) mass is 269 g/mol. The first-order chi connectivity index (χ1) is 9.41. The van der Waals surface area contributed by atoms with Crippen molar-refractivity contribution in [1.29, 1.82) is 10.5 Å². The third kappa shape index (κ3) is 1.02. The number of methoxy groups -OCH3 is 1. The van der Waals surface area contributed by atoms with Crippen LogP contribution in [0.1, 0.15) is 20.8 Å². The average Bonchev–Trinajstić information content (AvgIpc) is 2.86. The van der Waals surface area contributed by atoms with Crippen LogP contribution in [0.2, 0.25) is 0 Å². The minimum Gasteiger partial charge on any atom is -0.483 e. The zero-order chi connectivity index (χ0) is 14.8. The Hall–Kier alpha value is -2.11. The Bertz CT molecular complexity index is 678. The molecule has 0 aromatic heterocycles. The molecular weight excluding hydrogens is 254 g/mol. The zero-order valence-corrected chi connectivity index (χ0v) is 11.9. The summed E-state index contributed by atoms with van der Waals surface area (Å²) in [4.78, 5) is 4.61. The summed E-state index contributed by atoms with van der Waals surface area (Å²) in [6.07, 6.45) is 2.97. The Morgan fingerprint density at radius 3 is 2.55 bits per heavy atom. The van der Waals surface area contributed by atoms with Gasteiger partial charge in [-0.1, -0.05) is 6.08 Å². The van der Waals surface area contributed by atoms with Gasteiger partial charge in [-0.05, 0) is 38.0 Å². The van der Waals surface area contributed by atoms with Gasteiger partial charge in [0.15, 0.2) is 5.41 Å². The molecule has 0 spiro atoms. The van der Waals surface area contributed by atoms with Crippen molar-refractivity contribution >= 4 is 5.90 Å². The predicted molar refractivity (Wildman–Crippen MR) is 71.6 cm³/mol. The van der Waals surface area contributed by atoms with Crippen molar-refractivity contribution in [3.8, 4) is 12.1 Å². The van der Waals surface area contributed by atoms with Crippen LogP contribution in [0.25, 0.3) is 0 Å². The SMILES string of the molecule is COC1=N[C@@]2(C)C(C)=C(C)[C@@]1(C#N)[C@@H]1C=C[C@@]2(C#N)O1. The van der Waals surface area contributed by atoms with E-state index < -0.39 is 22.7 Å². The second-order valence-electron chi connectivity index (χ2n) is 5.61. The summed E-state index contributed by atoms with van der Waals surface area (Å²) in [5.74, 6) is 0.331. The van der Waals surface area contributed by atoms with Gasteiger partial charge in [0.25, 0.3) is 0 Å². The van der Waals surface area contributed by atoms with Crippen molar-refractivity contribution in [2.24, 2.45) is 10.4 Å². The second-order valence-corrected chi connectivity index (χ2v) is 5.61. The lowest BCUT2D eigenvalue weighted by Crippen LogP contribution is -2.51. The first kappa shape index (κ1) is 12.9. The first-order valence-corrected chi connectivity index (χ1v) is 6.44. The topological polar surface area (TPSA) is 78.4 Å². The Kier molecular flexibility index (Phi) is 2.26. The minimum absolute atomic E-state index is 0.331. The van der Waals surface area contributed by atoms with Gasteiger partial charge < -0.3 is 9.47 Å². The van der Waals surface area contributed by atoms with E-state index in [9.17, 15) is 10.5 Å². The lowest BCUT2D eigenvalue weighted by Gasteiger charge is -2.41. The quantitative estimate of drug-likeness (QED) is 0.629. The van der Waals surface area contributed by atoms with E-state index in [2.05, 4.69) is 17.1 Å². The highest BCUT2D eigenvalue weighted by atomic mass is 16.5. The molecule has 4 heterocycles. The van der Waals surface area contributed by atoms with Crippen LogP contribution in [-0.2, 0) is 9.47 Å². The number of hydrogen-bond acceptors (Lipinski definition) is 5. The third-order valence-electron chi connectivity index (χ3n) is 5.05. The Labute approximate surface area is 117 Å². The second kappa shape index (κ2) is 3.50. The molecule has 0 radical (unpaired) electrons. The van der Waals surface area contributed by atoms with Crippen LogP contribution < -0.4 is 0 Å². The standard InChI is InChI=1S/C15H15N3O2/c1-9-10(2)15(8-17)11-5-6-14(7-16,20-11)13(9,3)18-12(15)19-4/h5-6,11H,1-4H3/t11-,13-,14-,15-/m0/s1. The van der Waals surface area contributed by atoms with Crippen molar-refractivity contribution < 1.29 is 9.47 Å². The van der Waals surface area contributed by atoms with Crippen molar-refractivity contribution in [2.75, 3.05) is 7.11 Å². The molecule has 0 aromatic carbocycles. The molecule has 5 nitrogen and oxygen atoms in total. The largest absolute Gasteiger partial charge is 0.483 e. The molecular formula is C15H15N3O2. The molecule has 4 aliphatic heterocycles. The molecule has 0 aliphatic carbocycles. The molecule has 0 amide bonds. The summed E-state index contributed by atoms with van der Waals surface area (Å²) in [7, 11) is 1.50. The molecule has 102 valence electrons. The molecule has 5 heteroatoms. The minimum atomic E-state index is -1.18. The Balaban J connectivity index is 2.43. The normalized spacial score (nSPS) is 44.7. The molecule has 0 saturated heterocycles. The molecule has 0 saturated carbocycles. The van der Waals surface area contributed by atoms with Gasteiger partial charge in [-0.2, -0.15) is 10.5 Å². The molecule has 0 fully saturated rings. The van der Waals surface area contributed by atoms with Crippen molar-refractivity contribution in [2.45, 2.75) is 38.0 Å². The van der Waals surface area contributed by atoms with Gasteiger partial charge in [0, 0.05) is 0 Å². The van der Waals surface area contributed by atoms with Gasteiger partial charge in [-0.25, -0.2) is 4.99 Å². The maximum absolute atomic E-state index is 9.80. The number of nitriles is 2. The number of aliphatic imine (C=N–C) groups is 1. The van der Waals surface area contributed by atoms with E-state index in [4.69, 9.17) is 9.47 Å². The lowest BCUT2D eigenvalue weighted by atomic mass is 9.66. The summed E-state index contributed by atoms with van der Waals surface area (Å²) in [6.45, 7) is 5.66. The van der Waals surface area contributed by atoms with E-state index in [0.717, 1.165) is 11.1 Å². The number of rotatable bonds is 0. The fourth-order valence-corrected chi connectivity index (χ4v) is 3.48. The smallest absolute Gasteiger partial charge is 0.212 e. The molecule has 0 unspecified atom stereocenters. The molecule has 4 atom stereocenters. The predicted octanol–water partition coefficient (Wildman–Crippen LogP) is 1.88. The van der Waals surface area contributed by atoms with Crippen molar-refractivity contribution in [1.82, 2.24) is 0 Å². The van der Waals surface area contributed by atoms with Crippen LogP contribution >= 0.6 is 0 Å². The lowest BCUT2D eigenvalue weighted by molar-refractivity contribution is -0.0244. The van der Waals surface area contributed by atoms with Gasteiger partial charge in [-0.3, -0.25) is 0 Å². The Morgan fingerprint density at radius 2 is 2.00 bits per heavy atom. The highest BCUT2D eigenvalue weighted by molar-refractivity contribution is 5.93. The first-order valence-electron chi connectivity index (χ1n) is 6.44. The molecule has 4 aliphatic rings. The molecule has 0 aromatic rings. The van der Waals surface area contributed by atoms with Gasteiger partial charge in [0.2, 0.25) is 11.5 Å². The summed E-state index contributed by atoms with van der Waals surface area (Å²) in [6, 6.07) is 4.55. The average molecular weight is 269 g/mol. The number of ether oxygens (including phenoxy) is 2. The van der Waals surface area contributed by atoms with Crippen LogP contribution in [-0.4, -0.2) is 30.3 Å². The van der Waals surface area contributed by atoms with Gasteiger partial charge in [0.1, 0.15) is 17.7 Å². The van der Waals surface area contributed by atoms with Gasteiger partial charge in [-0.15, -0.1) is 0 Å². The third-order valence-corrected chi connectivity index (χ3v) is 5.05. The number of dihydropyridines is 1. The molecule has 4 bridgehead atoms. The number of nitrogens with zero attached hydrogens (tertiary/aromatic N) is 3. The van der Waals surface area contributed by atoms with Crippen LogP contribution in [0, 0.1) is 28.1 Å². The molecule has 4 rings (SSSR count). The van der Waals surface area contributed by atoms with Crippen molar-refractivity contribution in [3.05, 3.63) is 23.3 Å². The maximum atomic E-state index is 9.80. The van der Waals surface area contributed by atoms with E-state index >= 15 is 0 Å². The van der Waals surface area contributed by atoms with E-state index in [1.165, 1.54) is 7.11 Å². The van der Waals surface area contributed by atoms with Crippen molar-refractivity contribution in [3.63, 3.8) is 0 Å². The Morgan fingerprint density at radius 1 is 1.30 bits per heavy atom. The van der Waals surface area contributed by atoms with E-state index in [1.807, 2.05) is 20.8 Å². The zero-order valence-electron chi connectivity index (χ0n) is 11.9. The number of hydrogen-bond donors (Lipinski definition) is 0. The molecule has 20 heavy (non-hydrogen) atoms. The summed E-state index contributed by atoms with van der Waals surface area (Å²) in [5, 5.41) is 19.5. The maximum Gasteiger partial charge on any atom is 0.212 e. The summed E-state index contributed by atoms with van der Waals surface area (Å²) >= 11 is 0. The van der Waals surface area contributed by atoms with Gasteiger partial charge >= 0.3 is 0 Å². The fraction of sp³-hybridized carbons (Fsp3) is 0.533. The van der Waals surface area contributed by atoms with Crippen LogP contribution in [0.3, 0.4) is 0 Å². The molecule has 0 N–H and O–H groups in total. The van der Waals surface area contributed by atoms with E-state index in [-0.39, 0.29) is 0 Å². The highest BCUT2D eigenvalue weighted by Gasteiger charge is 2.67. The van der Waals surface area contributed by atoms with Crippen LogP contribution in [0.15, 0.2) is 28.3 Å². The summed E-state index contributed by atoms with van der Waals surface area (Å²) < 4.78 is 11.4. The van der Waals surface area contributed by atoms with Crippen LogP contribution in [0.4, 0.5) is 0 Å². The highest BCUT2D eigenvalue weighted by Crippen LogP contribution is 2.56. The van der Waals surface area contributed by atoms with E-state index in [1.54, 1.807) is 12.2 Å². The summed E-state index contributed by atoms with van der Waals surface area (Å²) in [5.41, 5.74) is -1.38. The van der Waals surface area contributed by atoms with E-state index in [0.29, 0.717) is 5.90 Å². The fourth-order valence-electron chi connectivity index (χ4n) is 3.48. The van der Waals surface area contributed by atoms with Gasteiger partial charge in [0.05, 0.1) is 13.2 Å². The van der Waals surface area contributed by atoms with Crippen LogP contribution in [0.5, 0.6) is 0 Å².